The highest BCUT2D eigenvalue weighted by Gasteiger charge is 2.01. The number of nitrogens with zero attached hydrogens (tertiary/aromatic N) is 3. The van der Waals surface area contributed by atoms with Gasteiger partial charge in [-0.25, -0.2) is 9.97 Å². The van der Waals surface area contributed by atoms with Crippen LogP contribution in [0.3, 0.4) is 0 Å². The van der Waals surface area contributed by atoms with Crippen LogP contribution in [0.5, 0.6) is 5.88 Å². The lowest BCUT2D eigenvalue weighted by Crippen LogP contribution is -2.11. The van der Waals surface area contributed by atoms with Gasteiger partial charge < -0.3 is 9.64 Å². The summed E-state index contributed by atoms with van der Waals surface area (Å²) < 4.78 is 5.62. The lowest BCUT2D eigenvalue weighted by Gasteiger charge is -2.12. The van der Waals surface area contributed by atoms with Crippen LogP contribution in [0.15, 0.2) is 36.7 Å². The molecule has 0 N–H and O–H groups in total. The first-order valence-electron chi connectivity index (χ1n) is 5.83. The van der Waals surface area contributed by atoms with Gasteiger partial charge in [0.15, 0.2) is 0 Å². The molecule has 0 saturated heterocycles. The van der Waals surface area contributed by atoms with Crippen molar-refractivity contribution in [1.29, 1.82) is 0 Å². The van der Waals surface area contributed by atoms with Crippen molar-refractivity contribution < 1.29 is 4.74 Å². The van der Waals surface area contributed by atoms with Gasteiger partial charge in [0.1, 0.15) is 12.4 Å². The number of aryl methyl sites for hydroxylation is 1. The third kappa shape index (κ3) is 3.20. The molecule has 0 fully saturated rings. The van der Waals surface area contributed by atoms with Crippen LogP contribution in [0.25, 0.3) is 0 Å². The third-order valence-electron chi connectivity index (χ3n) is 2.54. The molecule has 2 aromatic heterocycles. The maximum atomic E-state index is 5.62. The zero-order valence-corrected chi connectivity index (χ0v) is 10.9. The molecular weight excluding hydrogens is 226 g/mol. The highest BCUT2D eigenvalue weighted by molar-refractivity contribution is 5.38. The molecule has 2 rings (SSSR count). The third-order valence-corrected chi connectivity index (χ3v) is 2.54. The summed E-state index contributed by atoms with van der Waals surface area (Å²) >= 11 is 0. The molecule has 0 saturated carbocycles. The van der Waals surface area contributed by atoms with E-state index >= 15 is 0 Å². The van der Waals surface area contributed by atoms with E-state index in [2.05, 4.69) is 9.97 Å². The average molecular weight is 243 g/mol. The first-order chi connectivity index (χ1) is 8.65. The topological polar surface area (TPSA) is 38.2 Å². The Hall–Kier alpha value is -2.10. The van der Waals surface area contributed by atoms with Crippen LogP contribution in [0.2, 0.25) is 0 Å². The number of aromatic nitrogens is 2. The number of hydrogen-bond acceptors (Lipinski definition) is 4. The van der Waals surface area contributed by atoms with E-state index in [9.17, 15) is 0 Å². The summed E-state index contributed by atoms with van der Waals surface area (Å²) in [5, 5.41) is 0. The predicted molar refractivity (Wildman–Crippen MR) is 71.9 cm³/mol. The molecule has 0 aromatic carbocycles. The Bertz CT molecular complexity index is 509. The van der Waals surface area contributed by atoms with Crippen molar-refractivity contribution in [1.82, 2.24) is 9.97 Å². The van der Waals surface area contributed by atoms with Crippen LogP contribution in [0.4, 0.5) is 5.82 Å². The number of rotatable bonds is 4. The van der Waals surface area contributed by atoms with E-state index in [-0.39, 0.29) is 0 Å². The van der Waals surface area contributed by atoms with Gasteiger partial charge >= 0.3 is 0 Å². The maximum Gasteiger partial charge on any atom is 0.213 e. The monoisotopic (exact) mass is 243 g/mol. The van der Waals surface area contributed by atoms with Crippen molar-refractivity contribution >= 4 is 5.82 Å². The summed E-state index contributed by atoms with van der Waals surface area (Å²) in [7, 11) is 3.93. The van der Waals surface area contributed by atoms with E-state index in [1.165, 1.54) is 0 Å². The lowest BCUT2D eigenvalue weighted by molar-refractivity contribution is 0.293. The smallest absolute Gasteiger partial charge is 0.213 e. The Morgan fingerprint density at radius 3 is 2.67 bits per heavy atom. The van der Waals surface area contributed by atoms with Gasteiger partial charge in [-0.05, 0) is 30.2 Å². The molecule has 0 aliphatic heterocycles. The van der Waals surface area contributed by atoms with Crippen LogP contribution in [-0.2, 0) is 6.61 Å². The van der Waals surface area contributed by atoms with Crippen LogP contribution >= 0.6 is 0 Å². The number of ether oxygens (including phenoxy) is 1. The molecule has 0 unspecified atom stereocenters. The molecule has 0 radical (unpaired) electrons. The molecule has 0 aliphatic carbocycles. The minimum Gasteiger partial charge on any atom is -0.473 e. The summed E-state index contributed by atoms with van der Waals surface area (Å²) in [5.41, 5.74) is 2.21. The molecule has 18 heavy (non-hydrogen) atoms. The minimum absolute atomic E-state index is 0.499. The molecule has 0 spiro atoms. The molecule has 0 amide bonds. The summed E-state index contributed by atoms with van der Waals surface area (Å²) in [5.74, 6) is 1.57. The number of hydrogen-bond donors (Lipinski definition) is 0. The van der Waals surface area contributed by atoms with Crippen LogP contribution in [0.1, 0.15) is 11.1 Å². The second kappa shape index (κ2) is 5.49. The van der Waals surface area contributed by atoms with E-state index < -0.39 is 0 Å². The Labute approximate surface area is 107 Å². The van der Waals surface area contributed by atoms with Gasteiger partial charge in [-0.2, -0.15) is 0 Å². The van der Waals surface area contributed by atoms with Crippen LogP contribution < -0.4 is 9.64 Å². The highest BCUT2D eigenvalue weighted by atomic mass is 16.5. The lowest BCUT2D eigenvalue weighted by atomic mass is 10.2. The molecule has 0 atom stereocenters. The Morgan fingerprint density at radius 1 is 1.17 bits per heavy atom. The van der Waals surface area contributed by atoms with Crippen molar-refractivity contribution in [3.8, 4) is 5.88 Å². The second-order valence-corrected chi connectivity index (χ2v) is 4.38. The zero-order valence-electron chi connectivity index (χ0n) is 10.9. The quantitative estimate of drug-likeness (QED) is 0.826. The van der Waals surface area contributed by atoms with Crippen molar-refractivity contribution in [2.75, 3.05) is 19.0 Å². The van der Waals surface area contributed by atoms with Crippen molar-refractivity contribution in [2.45, 2.75) is 13.5 Å². The zero-order chi connectivity index (χ0) is 13.0. The maximum absolute atomic E-state index is 5.62. The highest BCUT2D eigenvalue weighted by Crippen LogP contribution is 2.13. The Kier molecular flexibility index (Phi) is 3.77. The fourth-order valence-electron chi connectivity index (χ4n) is 1.49. The Balaban J connectivity index is 2.01. The van der Waals surface area contributed by atoms with Crippen molar-refractivity contribution in [3.05, 3.63) is 47.8 Å². The first kappa shape index (κ1) is 12.4. The van der Waals surface area contributed by atoms with Gasteiger partial charge in [0.2, 0.25) is 5.88 Å². The average Bonchev–Trinajstić information content (AvgIpc) is 2.38. The SMILES string of the molecule is Cc1ccc(OCc2ccnc(N(C)C)c2)nc1. The molecular formula is C14H17N3O. The van der Waals surface area contributed by atoms with E-state index in [1.807, 2.05) is 50.2 Å². The predicted octanol–water partition coefficient (Wildman–Crippen LogP) is 2.43. The molecule has 0 aliphatic rings. The van der Waals surface area contributed by atoms with Crippen molar-refractivity contribution in [2.24, 2.45) is 0 Å². The van der Waals surface area contributed by atoms with E-state index in [4.69, 9.17) is 4.74 Å². The van der Waals surface area contributed by atoms with Crippen LogP contribution in [0, 0.1) is 6.92 Å². The van der Waals surface area contributed by atoms with E-state index in [1.54, 1.807) is 12.4 Å². The molecule has 4 nitrogen and oxygen atoms in total. The second-order valence-electron chi connectivity index (χ2n) is 4.38. The van der Waals surface area contributed by atoms with Gasteiger partial charge in [-0.3, -0.25) is 0 Å². The number of anilines is 1. The Morgan fingerprint density at radius 2 is 2.00 bits per heavy atom. The van der Waals surface area contributed by atoms with Crippen molar-refractivity contribution in [3.63, 3.8) is 0 Å². The fraction of sp³-hybridized carbons (Fsp3) is 0.286. The van der Waals surface area contributed by atoms with Gasteiger partial charge in [-0.1, -0.05) is 6.07 Å². The fourth-order valence-corrected chi connectivity index (χ4v) is 1.49. The van der Waals surface area contributed by atoms with Gasteiger partial charge in [0, 0.05) is 32.6 Å². The first-order valence-corrected chi connectivity index (χ1v) is 5.83. The summed E-state index contributed by atoms with van der Waals surface area (Å²) in [4.78, 5) is 10.4. The van der Waals surface area contributed by atoms with Crippen LogP contribution in [-0.4, -0.2) is 24.1 Å². The van der Waals surface area contributed by atoms with Gasteiger partial charge in [0.25, 0.3) is 0 Å². The minimum atomic E-state index is 0.499. The summed E-state index contributed by atoms with van der Waals surface area (Å²) in [6.07, 6.45) is 3.59. The summed E-state index contributed by atoms with van der Waals surface area (Å²) in [6.45, 7) is 2.50. The number of pyridine rings is 2. The largest absolute Gasteiger partial charge is 0.473 e. The molecule has 94 valence electrons. The standard InChI is InChI=1S/C14H17N3O/c1-11-4-5-14(16-9-11)18-10-12-6-7-15-13(8-12)17(2)3/h4-9H,10H2,1-3H3. The molecule has 2 aromatic rings. The summed E-state index contributed by atoms with van der Waals surface area (Å²) in [6, 6.07) is 7.82. The molecule has 0 bridgehead atoms. The molecule has 2 heterocycles. The van der Waals surface area contributed by atoms with Gasteiger partial charge in [-0.15, -0.1) is 0 Å². The van der Waals surface area contributed by atoms with E-state index in [0.717, 1.165) is 16.9 Å². The molecule has 4 heteroatoms. The van der Waals surface area contributed by atoms with E-state index in [0.29, 0.717) is 12.5 Å². The van der Waals surface area contributed by atoms with Gasteiger partial charge in [0.05, 0.1) is 0 Å². The normalized spacial score (nSPS) is 10.2.